The van der Waals surface area contributed by atoms with Crippen molar-refractivity contribution in [2.24, 2.45) is 0 Å². The van der Waals surface area contributed by atoms with Gasteiger partial charge in [-0.1, -0.05) is 12.1 Å². The van der Waals surface area contributed by atoms with E-state index < -0.39 is 5.60 Å². The van der Waals surface area contributed by atoms with E-state index in [9.17, 15) is 9.59 Å². The minimum atomic E-state index is -0.471. The predicted molar refractivity (Wildman–Crippen MR) is 99.9 cm³/mol. The minimum absolute atomic E-state index is 0.00481. The highest BCUT2D eigenvalue weighted by molar-refractivity contribution is 5.97. The lowest BCUT2D eigenvalue weighted by molar-refractivity contribution is 0.00771. The van der Waals surface area contributed by atoms with Crippen LogP contribution in [0.2, 0.25) is 0 Å². The van der Waals surface area contributed by atoms with Crippen molar-refractivity contribution >= 4 is 11.8 Å². The molecule has 1 N–H and O–H groups in total. The molecule has 0 unspecified atom stereocenters. The van der Waals surface area contributed by atoms with Gasteiger partial charge in [0.25, 0.3) is 11.8 Å². The molecule has 1 aromatic carbocycles. The molecule has 1 spiro atoms. The molecule has 0 aliphatic carbocycles. The third-order valence-electron chi connectivity index (χ3n) is 5.37. The van der Waals surface area contributed by atoms with Crippen molar-refractivity contribution in [2.45, 2.75) is 38.3 Å². The summed E-state index contributed by atoms with van der Waals surface area (Å²) < 4.78 is 8.08. The molecule has 4 rings (SSSR count). The lowest BCUT2D eigenvalue weighted by atomic mass is 9.90. The predicted octanol–water partition coefficient (Wildman–Crippen LogP) is 2.26. The van der Waals surface area contributed by atoms with E-state index in [1.165, 1.54) is 0 Å². The number of benzene rings is 1. The number of piperidine rings is 1. The summed E-state index contributed by atoms with van der Waals surface area (Å²) in [6.45, 7) is 5.68. The highest BCUT2D eigenvalue weighted by atomic mass is 16.5. The van der Waals surface area contributed by atoms with Crippen molar-refractivity contribution in [3.05, 3.63) is 47.8 Å². The largest absolute Gasteiger partial charge is 0.484 e. The van der Waals surface area contributed by atoms with E-state index in [0.717, 1.165) is 0 Å². The Bertz CT molecular complexity index is 866. The van der Waals surface area contributed by atoms with Crippen molar-refractivity contribution in [1.29, 1.82) is 0 Å². The molecule has 0 saturated carbocycles. The number of carbonyl (C=O) groups excluding carboxylic acids is 2. The average molecular weight is 368 g/mol. The van der Waals surface area contributed by atoms with Gasteiger partial charge in [-0.2, -0.15) is 5.10 Å². The Morgan fingerprint density at radius 1 is 1.26 bits per heavy atom. The molecule has 1 aromatic heterocycles. The maximum atomic E-state index is 12.8. The van der Waals surface area contributed by atoms with Gasteiger partial charge >= 0.3 is 0 Å². The van der Waals surface area contributed by atoms with Gasteiger partial charge in [-0.25, -0.2) is 0 Å². The normalized spacial score (nSPS) is 18.6. The zero-order valence-corrected chi connectivity index (χ0v) is 15.6. The minimum Gasteiger partial charge on any atom is -0.484 e. The standard InChI is InChI=1S/C20H24N4O3/c1-14(2)24-12-15(11-22-24)19(26)23-9-7-20(8-10-23)13-21-18(25)16-5-3-4-6-17(16)27-20/h3-6,11-12,14H,7-10,13H2,1-2H3,(H,21,25). The van der Waals surface area contributed by atoms with Gasteiger partial charge in [-0.3, -0.25) is 14.3 Å². The first-order valence-electron chi connectivity index (χ1n) is 9.37. The number of hydrogen-bond donors (Lipinski definition) is 1. The first-order valence-corrected chi connectivity index (χ1v) is 9.37. The van der Waals surface area contributed by atoms with Gasteiger partial charge in [-0.15, -0.1) is 0 Å². The fraction of sp³-hybridized carbons (Fsp3) is 0.450. The molecule has 142 valence electrons. The van der Waals surface area contributed by atoms with Crippen LogP contribution in [0.3, 0.4) is 0 Å². The van der Waals surface area contributed by atoms with Crippen LogP contribution >= 0.6 is 0 Å². The number of nitrogens with zero attached hydrogens (tertiary/aromatic N) is 3. The third kappa shape index (κ3) is 3.29. The molecule has 2 aromatic rings. The molecule has 3 heterocycles. The molecule has 7 heteroatoms. The summed E-state index contributed by atoms with van der Waals surface area (Å²) in [5.41, 5.74) is 0.704. The molecule has 0 atom stereocenters. The molecule has 0 bridgehead atoms. The molecule has 0 radical (unpaired) electrons. The van der Waals surface area contributed by atoms with Crippen LogP contribution in [0.15, 0.2) is 36.7 Å². The average Bonchev–Trinajstić information content (AvgIpc) is 3.13. The second kappa shape index (κ2) is 6.72. The summed E-state index contributed by atoms with van der Waals surface area (Å²) in [7, 11) is 0. The molecule has 2 aliphatic rings. The van der Waals surface area contributed by atoms with Gasteiger partial charge in [0.1, 0.15) is 11.4 Å². The maximum absolute atomic E-state index is 12.8. The Labute approximate surface area is 158 Å². The number of para-hydroxylation sites is 1. The number of ether oxygens (including phenoxy) is 1. The molecular weight excluding hydrogens is 344 g/mol. The first kappa shape index (κ1) is 17.6. The highest BCUT2D eigenvalue weighted by Gasteiger charge is 2.41. The molecule has 27 heavy (non-hydrogen) atoms. The van der Waals surface area contributed by atoms with E-state index in [1.54, 1.807) is 23.1 Å². The van der Waals surface area contributed by atoms with Crippen molar-refractivity contribution in [3.63, 3.8) is 0 Å². The van der Waals surface area contributed by atoms with E-state index in [1.807, 2.05) is 36.9 Å². The summed E-state index contributed by atoms with van der Waals surface area (Å²) in [6.07, 6.45) is 4.78. The van der Waals surface area contributed by atoms with Crippen molar-refractivity contribution in [2.75, 3.05) is 19.6 Å². The summed E-state index contributed by atoms with van der Waals surface area (Å²) >= 11 is 0. The lowest BCUT2D eigenvalue weighted by Gasteiger charge is -2.41. The van der Waals surface area contributed by atoms with Crippen LogP contribution in [0.4, 0.5) is 0 Å². The maximum Gasteiger partial charge on any atom is 0.257 e. The fourth-order valence-electron chi connectivity index (χ4n) is 3.66. The molecule has 2 aliphatic heterocycles. The Morgan fingerprint density at radius 2 is 2.00 bits per heavy atom. The van der Waals surface area contributed by atoms with Crippen molar-refractivity contribution in [1.82, 2.24) is 20.0 Å². The Kier molecular flexibility index (Phi) is 4.37. The summed E-state index contributed by atoms with van der Waals surface area (Å²) in [4.78, 5) is 26.9. The monoisotopic (exact) mass is 368 g/mol. The second-order valence-electron chi connectivity index (χ2n) is 7.56. The van der Waals surface area contributed by atoms with E-state index in [0.29, 0.717) is 49.4 Å². The topological polar surface area (TPSA) is 76.5 Å². The number of fused-ring (bicyclic) bond motifs is 1. The van der Waals surface area contributed by atoms with Gasteiger partial charge in [0.2, 0.25) is 0 Å². The van der Waals surface area contributed by atoms with Gasteiger partial charge in [-0.05, 0) is 26.0 Å². The summed E-state index contributed by atoms with van der Waals surface area (Å²) in [6, 6.07) is 7.53. The van der Waals surface area contributed by atoms with Crippen LogP contribution < -0.4 is 10.1 Å². The highest BCUT2D eigenvalue weighted by Crippen LogP contribution is 2.33. The summed E-state index contributed by atoms with van der Waals surface area (Å²) in [5.74, 6) is 0.502. The van der Waals surface area contributed by atoms with Crippen LogP contribution in [0.1, 0.15) is 53.4 Å². The van der Waals surface area contributed by atoms with Crippen LogP contribution in [0.5, 0.6) is 5.75 Å². The zero-order chi connectivity index (χ0) is 19.0. The number of nitrogens with one attached hydrogen (secondary N) is 1. The number of amides is 2. The Balaban J connectivity index is 1.47. The number of carbonyl (C=O) groups is 2. The first-order chi connectivity index (χ1) is 13.0. The lowest BCUT2D eigenvalue weighted by Crippen LogP contribution is -2.54. The van der Waals surface area contributed by atoms with E-state index in [-0.39, 0.29) is 17.9 Å². The molecule has 2 amide bonds. The van der Waals surface area contributed by atoms with Gasteiger partial charge in [0.15, 0.2) is 0 Å². The Morgan fingerprint density at radius 3 is 2.70 bits per heavy atom. The van der Waals surface area contributed by atoms with E-state index in [2.05, 4.69) is 10.4 Å². The van der Waals surface area contributed by atoms with E-state index in [4.69, 9.17) is 4.74 Å². The Hall–Kier alpha value is -2.83. The van der Waals surface area contributed by atoms with Crippen molar-refractivity contribution < 1.29 is 14.3 Å². The van der Waals surface area contributed by atoms with E-state index >= 15 is 0 Å². The number of likely N-dealkylation sites (tertiary alicyclic amines) is 1. The van der Waals surface area contributed by atoms with Crippen molar-refractivity contribution in [3.8, 4) is 5.75 Å². The molecular formula is C20H24N4O3. The third-order valence-corrected chi connectivity index (χ3v) is 5.37. The molecule has 7 nitrogen and oxygen atoms in total. The van der Waals surface area contributed by atoms with Crippen LogP contribution in [0, 0.1) is 0 Å². The van der Waals surface area contributed by atoms with Gasteiger partial charge in [0.05, 0.1) is 23.9 Å². The van der Waals surface area contributed by atoms with Gasteiger partial charge < -0.3 is 15.0 Å². The quantitative estimate of drug-likeness (QED) is 0.882. The number of rotatable bonds is 2. The fourth-order valence-corrected chi connectivity index (χ4v) is 3.66. The number of aromatic nitrogens is 2. The second-order valence-corrected chi connectivity index (χ2v) is 7.56. The number of hydrogen-bond acceptors (Lipinski definition) is 4. The van der Waals surface area contributed by atoms with Gasteiger partial charge in [0, 0.05) is 38.2 Å². The smallest absolute Gasteiger partial charge is 0.257 e. The SMILES string of the molecule is CC(C)n1cc(C(=O)N2CCC3(CC2)CNC(=O)c2ccccc2O3)cn1. The summed E-state index contributed by atoms with van der Waals surface area (Å²) in [5, 5.41) is 7.23. The molecule has 1 fully saturated rings. The van der Waals surface area contributed by atoms with Crippen LogP contribution in [-0.4, -0.2) is 51.7 Å². The van der Waals surface area contributed by atoms with Crippen LogP contribution in [-0.2, 0) is 0 Å². The zero-order valence-electron chi connectivity index (χ0n) is 15.6. The molecule has 1 saturated heterocycles. The van der Waals surface area contributed by atoms with Crippen LogP contribution in [0.25, 0.3) is 0 Å².